The summed E-state index contributed by atoms with van der Waals surface area (Å²) in [6.45, 7) is 25.6. The lowest BCUT2D eigenvalue weighted by Crippen LogP contribution is -2.60. The van der Waals surface area contributed by atoms with Gasteiger partial charge in [0.2, 0.25) is 0 Å². The summed E-state index contributed by atoms with van der Waals surface area (Å²) >= 11 is 0. The van der Waals surface area contributed by atoms with Gasteiger partial charge in [-0.25, -0.2) is 0 Å². The average Bonchev–Trinajstić information content (AvgIpc) is 4.05. The van der Waals surface area contributed by atoms with E-state index in [4.69, 9.17) is 18.9 Å². The molecule has 3 heterocycles. The maximum Gasteiger partial charge on any atom is 0.188 e. The SMILES string of the molecule is CCO[C@@H]([C@H]1C[C@@H](C)[C@H]2[C@H](O1)[C@H](O)[C@@]1(C)[C@@H]3CC[C@H]4C(C)(C)C(O[C@H]5CN(CCNCCCC(=O)CCC6(C)N=N6)CCO5)CC[C@@]45CC35CC[C@]21C)C(C)(C)O. The highest BCUT2D eigenvalue weighted by atomic mass is 16.7. The first-order chi connectivity index (χ1) is 26.9. The van der Waals surface area contributed by atoms with Crippen molar-refractivity contribution in [2.75, 3.05) is 45.9 Å². The minimum absolute atomic E-state index is 0.000530. The molecule has 0 aromatic carbocycles. The van der Waals surface area contributed by atoms with Crippen LogP contribution in [0.15, 0.2) is 10.2 Å². The number of carbonyl (C=O) groups excluding carboxylic acids is 1. The van der Waals surface area contributed by atoms with Gasteiger partial charge in [-0.2, -0.15) is 10.2 Å². The zero-order valence-corrected chi connectivity index (χ0v) is 37.0. The molecule has 3 N–H and O–H groups in total. The molecule has 5 saturated carbocycles. The first-order valence-corrected chi connectivity index (χ1v) is 23.2. The molecule has 8 rings (SSSR count). The highest BCUT2D eigenvalue weighted by Gasteiger charge is 2.84. The number of nitrogens with zero attached hydrogens (tertiary/aromatic N) is 3. The van der Waals surface area contributed by atoms with Crippen molar-refractivity contribution in [1.82, 2.24) is 10.2 Å². The molecular formula is C46H78N4O7. The number of aliphatic hydroxyl groups is 2. The van der Waals surface area contributed by atoms with E-state index in [0.717, 1.165) is 71.2 Å². The van der Waals surface area contributed by atoms with Gasteiger partial charge < -0.3 is 34.5 Å². The average molecular weight is 799 g/mol. The van der Waals surface area contributed by atoms with Crippen LogP contribution < -0.4 is 5.32 Å². The Labute approximate surface area is 343 Å². The van der Waals surface area contributed by atoms with Crippen LogP contribution in [0.25, 0.3) is 0 Å². The summed E-state index contributed by atoms with van der Waals surface area (Å²) in [7, 11) is 0. The van der Waals surface area contributed by atoms with Crippen LogP contribution in [0.3, 0.4) is 0 Å². The molecule has 2 saturated heterocycles. The predicted molar refractivity (Wildman–Crippen MR) is 218 cm³/mol. The number of aliphatic hydroxyl groups excluding tert-OH is 1. The summed E-state index contributed by atoms with van der Waals surface area (Å²) in [6.07, 6.45) is 10.5. The number of ether oxygens (including phenoxy) is 4. The third-order valence-electron chi connectivity index (χ3n) is 18.3. The van der Waals surface area contributed by atoms with Gasteiger partial charge in [-0.1, -0.05) is 34.6 Å². The molecule has 324 valence electrons. The lowest BCUT2D eigenvalue weighted by molar-refractivity contribution is -0.248. The van der Waals surface area contributed by atoms with Crippen LogP contribution in [0.2, 0.25) is 0 Å². The van der Waals surface area contributed by atoms with E-state index in [1.54, 1.807) is 0 Å². The standard InChI is InChI=1S/C46H78N4O7/c1-10-54-39(41(5,6)53)31-26-29(2)36-37(56-31)38(52)44(9)33-14-13-32-40(3,4)34(16-18-45(32)28-46(33,45)20-19-42(36,44)7)57-35-27-50(24-25-55-35)23-22-47-21-11-12-30(51)15-17-43(8)48-49-43/h29,31-39,47,52-53H,10-28H2,1-9H3/t29-,31-,32+,33+,34?,35+,36+,37+,38+,39+,42-,44-,45-,46?/m1/s1. The Morgan fingerprint density at radius 3 is 2.47 bits per heavy atom. The van der Waals surface area contributed by atoms with E-state index in [1.807, 2.05) is 27.7 Å². The van der Waals surface area contributed by atoms with Gasteiger partial charge in [0.15, 0.2) is 12.0 Å². The summed E-state index contributed by atoms with van der Waals surface area (Å²) in [5, 5.41) is 35.4. The number of rotatable bonds is 16. The lowest BCUT2D eigenvalue weighted by Gasteiger charge is -2.64. The van der Waals surface area contributed by atoms with Crippen LogP contribution in [-0.4, -0.2) is 115 Å². The first-order valence-electron chi connectivity index (χ1n) is 23.2. The molecular weight excluding hydrogens is 721 g/mol. The van der Waals surface area contributed by atoms with E-state index in [0.29, 0.717) is 60.9 Å². The molecule has 0 bridgehead atoms. The van der Waals surface area contributed by atoms with Crippen LogP contribution in [0.5, 0.6) is 0 Å². The van der Waals surface area contributed by atoms with Crippen molar-refractivity contribution in [3.8, 4) is 0 Å². The van der Waals surface area contributed by atoms with Crippen molar-refractivity contribution >= 4 is 5.78 Å². The lowest BCUT2D eigenvalue weighted by atomic mass is 9.41. The van der Waals surface area contributed by atoms with Crippen molar-refractivity contribution in [3.63, 3.8) is 0 Å². The molecule has 3 aliphatic heterocycles. The Balaban J connectivity index is 0.869. The van der Waals surface area contributed by atoms with E-state index in [2.05, 4.69) is 55.1 Å². The van der Waals surface area contributed by atoms with Crippen LogP contribution in [0.1, 0.15) is 139 Å². The van der Waals surface area contributed by atoms with Gasteiger partial charge >= 0.3 is 0 Å². The third kappa shape index (κ3) is 7.04. The predicted octanol–water partition coefficient (Wildman–Crippen LogP) is 6.92. The highest BCUT2D eigenvalue weighted by Crippen LogP contribution is 2.89. The number of nitrogens with one attached hydrogen (secondary N) is 1. The largest absolute Gasteiger partial charge is 0.390 e. The second-order valence-corrected chi connectivity index (χ2v) is 22.1. The number of hydrogen-bond acceptors (Lipinski definition) is 11. The normalized spacial score (nSPS) is 45.9. The van der Waals surface area contributed by atoms with Crippen molar-refractivity contribution < 1.29 is 34.0 Å². The molecule has 0 radical (unpaired) electrons. The molecule has 0 aromatic rings. The van der Waals surface area contributed by atoms with E-state index < -0.39 is 17.8 Å². The van der Waals surface area contributed by atoms with E-state index in [9.17, 15) is 15.0 Å². The fraction of sp³-hybridized carbons (Fsp3) is 0.978. The molecule has 11 heteroatoms. The molecule has 14 atom stereocenters. The Morgan fingerprint density at radius 2 is 1.75 bits per heavy atom. The maximum atomic E-state index is 12.7. The smallest absolute Gasteiger partial charge is 0.188 e. The second-order valence-electron chi connectivity index (χ2n) is 22.1. The zero-order chi connectivity index (χ0) is 40.8. The van der Waals surface area contributed by atoms with Gasteiger partial charge in [-0.05, 0) is 137 Å². The van der Waals surface area contributed by atoms with Crippen LogP contribution >= 0.6 is 0 Å². The van der Waals surface area contributed by atoms with Crippen molar-refractivity contribution in [2.24, 2.45) is 61.0 Å². The zero-order valence-electron chi connectivity index (χ0n) is 37.0. The van der Waals surface area contributed by atoms with E-state index in [-0.39, 0.29) is 51.9 Å². The summed E-state index contributed by atoms with van der Waals surface area (Å²) in [4.78, 5) is 14.7. The monoisotopic (exact) mass is 799 g/mol. The molecule has 2 spiro atoms. The molecule has 0 aromatic heterocycles. The number of hydrogen-bond donors (Lipinski definition) is 3. The molecule has 7 fully saturated rings. The Kier molecular flexibility index (Phi) is 11.3. The number of ketones is 1. The fourth-order valence-corrected chi connectivity index (χ4v) is 15.3. The number of Topliss-reactive ketones (excluding diaryl/α,β-unsaturated/α-hetero) is 1. The molecule has 2 unspecified atom stereocenters. The number of fused-ring (bicyclic) bond motifs is 4. The Hall–Kier alpha value is -1.05. The van der Waals surface area contributed by atoms with E-state index >= 15 is 0 Å². The molecule has 11 nitrogen and oxygen atoms in total. The summed E-state index contributed by atoms with van der Waals surface area (Å²) in [6, 6.07) is 0. The maximum absolute atomic E-state index is 12.7. The molecule has 57 heavy (non-hydrogen) atoms. The van der Waals surface area contributed by atoms with Crippen molar-refractivity contribution in [2.45, 2.75) is 187 Å². The molecule has 5 aliphatic carbocycles. The van der Waals surface area contributed by atoms with Gasteiger partial charge in [0.05, 0.1) is 36.6 Å². The van der Waals surface area contributed by atoms with E-state index in [1.165, 1.54) is 25.7 Å². The summed E-state index contributed by atoms with van der Waals surface area (Å²) in [5.74, 6) is 2.06. The minimum atomic E-state index is -1.03. The van der Waals surface area contributed by atoms with Crippen molar-refractivity contribution in [1.29, 1.82) is 0 Å². The third-order valence-corrected chi connectivity index (χ3v) is 18.3. The van der Waals surface area contributed by atoms with Gasteiger partial charge in [-0.3, -0.25) is 9.69 Å². The Morgan fingerprint density at radius 1 is 1.02 bits per heavy atom. The van der Waals surface area contributed by atoms with Gasteiger partial charge in [0.25, 0.3) is 0 Å². The quantitative estimate of drug-likeness (QED) is 0.142. The first kappa shape index (κ1) is 42.6. The van der Waals surface area contributed by atoms with Crippen LogP contribution in [-0.2, 0) is 23.7 Å². The molecule has 8 aliphatic rings. The number of carbonyl (C=O) groups is 1. The van der Waals surface area contributed by atoms with Crippen molar-refractivity contribution in [3.05, 3.63) is 0 Å². The Bertz CT molecular complexity index is 1510. The summed E-state index contributed by atoms with van der Waals surface area (Å²) < 4.78 is 26.4. The fourth-order valence-electron chi connectivity index (χ4n) is 15.3. The summed E-state index contributed by atoms with van der Waals surface area (Å²) in [5.41, 5.74) is -0.886. The minimum Gasteiger partial charge on any atom is -0.390 e. The van der Waals surface area contributed by atoms with Crippen LogP contribution in [0.4, 0.5) is 0 Å². The highest BCUT2D eigenvalue weighted by molar-refractivity contribution is 5.78. The van der Waals surface area contributed by atoms with Gasteiger partial charge in [-0.15, -0.1) is 0 Å². The van der Waals surface area contributed by atoms with Crippen LogP contribution in [0, 0.1) is 50.7 Å². The van der Waals surface area contributed by atoms with Gasteiger partial charge in [0.1, 0.15) is 11.9 Å². The second kappa shape index (κ2) is 15.1. The number of morpholine rings is 1. The van der Waals surface area contributed by atoms with Gasteiger partial charge in [0, 0.05) is 57.5 Å². The topological polar surface area (TPSA) is 134 Å². The molecule has 0 amide bonds.